The Morgan fingerprint density at radius 2 is 1.54 bits per heavy atom. The molecule has 1 aliphatic carbocycles. The molecular formula is C30H39N3O4. The van der Waals surface area contributed by atoms with Crippen LogP contribution in [-0.4, -0.2) is 62.0 Å². The molecule has 2 aliphatic heterocycles. The molecule has 1 spiro atoms. The predicted molar refractivity (Wildman–Crippen MR) is 142 cm³/mol. The van der Waals surface area contributed by atoms with Gasteiger partial charge < -0.3 is 24.6 Å². The lowest BCUT2D eigenvalue weighted by Crippen LogP contribution is -2.45. The van der Waals surface area contributed by atoms with E-state index in [4.69, 9.17) is 9.47 Å². The number of nitrogens with one attached hydrogen (secondary N) is 1. The molecular weight excluding hydrogens is 466 g/mol. The van der Waals surface area contributed by atoms with Crippen LogP contribution in [0.4, 0.5) is 0 Å². The number of piperidine rings is 1. The monoisotopic (exact) mass is 505 g/mol. The molecule has 1 N–H and O–H groups in total. The fraction of sp³-hybridized carbons (Fsp3) is 0.533. The first kappa shape index (κ1) is 25.6. The molecule has 2 amide bonds. The fourth-order valence-electron chi connectivity index (χ4n) is 5.77. The van der Waals surface area contributed by atoms with Crippen molar-refractivity contribution in [1.82, 2.24) is 15.1 Å². The molecule has 0 aromatic heterocycles. The van der Waals surface area contributed by atoms with Crippen LogP contribution in [0.15, 0.2) is 48.5 Å². The van der Waals surface area contributed by atoms with Gasteiger partial charge in [0.05, 0.1) is 25.7 Å². The summed E-state index contributed by atoms with van der Waals surface area (Å²) in [6, 6.07) is 16.0. The molecule has 0 radical (unpaired) electrons. The van der Waals surface area contributed by atoms with Crippen LogP contribution in [0.25, 0.3) is 0 Å². The Kier molecular flexibility index (Phi) is 7.70. The lowest BCUT2D eigenvalue weighted by atomic mass is 9.77. The SMILES string of the molecule is COc1ccc(CN2CCC3(CCN(CCC(NC(=O)C4CC4)c4ccc(OC)cc4)CC3)C2=O)cc1. The van der Waals surface area contributed by atoms with Crippen molar-refractivity contribution in [2.75, 3.05) is 40.4 Å². The Labute approximate surface area is 220 Å². The molecule has 37 heavy (non-hydrogen) atoms. The summed E-state index contributed by atoms with van der Waals surface area (Å²) in [4.78, 5) is 30.5. The van der Waals surface area contributed by atoms with Gasteiger partial charge in [-0.2, -0.15) is 0 Å². The van der Waals surface area contributed by atoms with Gasteiger partial charge in [-0.05, 0) is 87.0 Å². The molecule has 1 unspecified atom stereocenters. The molecule has 3 aliphatic rings. The number of ether oxygens (including phenoxy) is 2. The van der Waals surface area contributed by atoms with Crippen LogP contribution in [0.5, 0.6) is 11.5 Å². The van der Waals surface area contributed by atoms with E-state index in [1.54, 1.807) is 14.2 Å². The van der Waals surface area contributed by atoms with Crippen LogP contribution in [-0.2, 0) is 16.1 Å². The largest absolute Gasteiger partial charge is 0.497 e. The number of amides is 2. The van der Waals surface area contributed by atoms with Gasteiger partial charge >= 0.3 is 0 Å². The second kappa shape index (κ2) is 11.1. The maximum atomic E-state index is 13.4. The number of hydrogen-bond acceptors (Lipinski definition) is 5. The van der Waals surface area contributed by atoms with Gasteiger partial charge in [0.25, 0.3) is 0 Å². The minimum atomic E-state index is -0.210. The van der Waals surface area contributed by atoms with Gasteiger partial charge in [-0.3, -0.25) is 9.59 Å². The highest BCUT2D eigenvalue weighted by Crippen LogP contribution is 2.42. The Morgan fingerprint density at radius 3 is 2.14 bits per heavy atom. The average Bonchev–Trinajstić information content (AvgIpc) is 3.76. The molecule has 1 atom stereocenters. The van der Waals surface area contributed by atoms with Crippen LogP contribution in [0.1, 0.15) is 55.7 Å². The number of methoxy groups -OCH3 is 2. The van der Waals surface area contributed by atoms with Gasteiger partial charge in [0.15, 0.2) is 0 Å². The van der Waals surface area contributed by atoms with E-state index in [9.17, 15) is 9.59 Å². The average molecular weight is 506 g/mol. The van der Waals surface area contributed by atoms with Gasteiger partial charge in [-0.25, -0.2) is 0 Å². The quantitative estimate of drug-likeness (QED) is 0.525. The van der Waals surface area contributed by atoms with Gasteiger partial charge in [0.2, 0.25) is 11.8 Å². The number of rotatable bonds is 10. The first-order valence-corrected chi connectivity index (χ1v) is 13.6. The number of benzene rings is 2. The van der Waals surface area contributed by atoms with Gasteiger partial charge in [0, 0.05) is 25.6 Å². The second-order valence-electron chi connectivity index (χ2n) is 10.8. The summed E-state index contributed by atoms with van der Waals surface area (Å²) in [6.45, 7) is 4.25. The van der Waals surface area contributed by atoms with Crippen molar-refractivity contribution in [2.45, 2.75) is 51.1 Å². The number of nitrogens with zero attached hydrogens (tertiary/aromatic N) is 2. The Bertz CT molecular complexity index is 1070. The summed E-state index contributed by atoms with van der Waals surface area (Å²) < 4.78 is 10.6. The van der Waals surface area contributed by atoms with E-state index in [0.29, 0.717) is 12.5 Å². The van der Waals surface area contributed by atoms with Crippen LogP contribution in [0, 0.1) is 11.3 Å². The zero-order valence-electron chi connectivity index (χ0n) is 22.1. The summed E-state index contributed by atoms with van der Waals surface area (Å²) in [5, 5.41) is 3.29. The minimum Gasteiger partial charge on any atom is -0.497 e. The van der Waals surface area contributed by atoms with Gasteiger partial charge in [-0.1, -0.05) is 24.3 Å². The summed E-state index contributed by atoms with van der Waals surface area (Å²) in [7, 11) is 3.33. The molecule has 3 fully saturated rings. The zero-order chi connectivity index (χ0) is 25.8. The van der Waals surface area contributed by atoms with Crippen molar-refractivity contribution in [3.05, 3.63) is 59.7 Å². The molecule has 7 heteroatoms. The molecule has 1 saturated carbocycles. The van der Waals surface area contributed by atoms with Crippen molar-refractivity contribution < 1.29 is 19.1 Å². The summed E-state index contributed by atoms with van der Waals surface area (Å²) in [5.41, 5.74) is 2.04. The van der Waals surface area contributed by atoms with Crippen molar-refractivity contribution in [3.63, 3.8) is 0 Å². The zero-order valence-corrected chi connectivity index (χ0v) is 22.1. The van der Waals surface area contributed by atoms with Crippen molar-refractivity contribution in [1.29, 1.82) is 0 Å². The number of hydrogen-bond donors (Lipinski definition) is 1. The van der Waals surface area contributed by atoms with E-state index in [2.05, 4.69) is 22.3 Å². The number of likely N-dealkylation sites (tertiary alicyclic amines) is 2. The maximum absolute atomic E-state index is 13.4. The van der Waals surface area contributed by atoms with E-state index in [1.807, 2.05) is 41.3 Å². The van der Waals surface area contributed by atoms with E-state index < -0.39 is 0 Å². The first-order valence-electron chi connectivity index (χ1n) is 13.6. The third kappa shape index (κ3) is 5.93. The Hall–Kier alpha value is -3.06. The summed E-state index contributed by atoms with van der Waals surface area (Å²) in [6.07, 6.45) is 5.62. The first-order chi connectivity index (χ1) is 18.0. The van der Waals surface area contributed by atoms with E-state index >= 15 is 0 Å². The van der Waals surface area contributed by atoms with E-state index in [0.717, 1.165) is 87.3 Å². The highest BCUT2D eigenvalue weighted by atomic mass is 16.5. The molecule has 5 rings (SSSR count). The third-order valence-electron chi connectivity index (χ3n) is 8.46. The Balaban J connectivity index is 1.14. The number of carbonyl (C=O) groups excluding carboxylic acids is 2. The lowest BCUT2D eigenvalue weighted by molar-refractivity contribution is -0.139. The van der Waals surface area contributed by atoms with Crippen molar-refractivity contribution >= 4 is 11.8 Å². The third-order valence-corrected chi connectivity index (χ3v) is 8.46. The molecule has 7 nitrogen and oxygen atoms in total. The lowest BCUT2D eigenvalue weighted by Gasteiger charge is -2.38. The minimum absolute atomic E-state index is 0.0111. The topological polar surface area (TPSA) is 71.1 Å². The highest BCUT2D eigenvalue weighted by Gasteiger charge is 2.47. The van der Waals surface area contributed by atoms with Crippen LogP contribution < -0.4 is 14.8 Å². The van der Waals surface area contributed by atoms with Gasteiger partial charge in [-0.15, -0.1) is 0 Å². The molecule has 2 aromatic rings. The summed E-state index contributed by atoms with van der Waals surface area (Å²) >= 11 is 0. The van der Waals surface area contributed by atoms with Crippen molar-refractivity contribution in [3.8, 4) is 11.5 Å². The molecule has 2 heterocycles. The molecule has 2 saturated heterocycles. The van der Waals surface area contributed by atoms with Gasteiger partial charge in [0.1, 0.15) is 11.5 Å². The summed E-state index contributed by atoms with van der Waals surface area (Å²) in [5.74, 6) is 2.33. The second-order valence-corrected chi connectivity index (χ2v) is 10.8. The van der Waals surface area contributed by atoms with Crippen LogP contribution >= 0.6 is 0 Å². The standard InChI is InChI=1S/C30H39N3O4/c1-36-25-9-3-22(4-10-25)21-33-20-16-30(29(33)35)14-18-32(19-15-30)17-13-27(31-28(34)24-5-6-24)23-7-11-26(37-2)12-8-23/h3-4,7-12,24,27H,5-6,13-21H2,1-2H3,(H,31,34). The Morgan fingerprint density at radius 1 is 0.946 bits per heavy atom. The smallest absolute Gasteiger partial charge is 0.229 e. The van der Waals surface area contributed by atoms with Crippen LogP contribution in [0.2, 0.25) is 0 Å². The van der Waals surface area contributed by atoms with Crippen LogP contribution in [0.3, 0.4) is 0 Å². The van der Waals surface area contributed by atoms with E-state index in [-0.39, 0.29) is 23.3 Å². The normalized spacial score (nSPS) is 20.2. The van der Waals surface area contributed by atoms with Crippen molar-refractivity contribution in [2.24, 2.45) is 11.3 Å². The molecule has 2 aromatic carbocycles. The number of carbonyl (C=O) groups is 2. The predicted octanol–water partition coefficient (Wildman–Crippen LogP) is 4.18. The highest BCUT2D eigenvalue weighted by molar-refractivity contribution is 5.85. The maximum Gasteiger partial charge on any atom is 0.229 e. The molecule has 198 valence electrons. The fourth-order valence-corrected chi connectivity index (χ4v) is 5.77. The molecule has 0 bridgehead atoms. The van der Waals surface area contributed by atoms with E-state index in [1.165, 1.54) is 0 Å².